The number of nitrogens with zero attached hydrogens (tertiary/aromatic N) is 1. The lowest BCUT2D eigenvalue weighted by Crippen LogP contribution is -2.78. The normalized spacial score (nSPS) is 12.0. The van der Waals surface area contributed by atoms with Crippen molar-refractivity contribution in [3.8, 4) is 16.8 Å². The first-order valence-electron chi connectivity index (χ1n) is 24.2. The number of rotatable bonds is 10. The summed E-state index contributed by atoms with van der Waals surface area (Å²) in [6.45, 7) is 0. The molecule has 330 valence electrons. The molecule has 0 aliphatic heterocycles. The highest BCUT2D eigenvalue weighted by Gasteiger charge is 2.46. The van der Waals surface area contributed by atoms with Crippen LogP contribution in [0.5, 0.6) is 0 Å². The lowest BCUT2D eigenvalue weighted by Gasteiger charge is -2.38. The summed E-state index contributed by atoms with van der Waals surface area (Å²) in [6, 6.07) is 107. The van der Waals surface area contributed by atoms with E-state index < -0.39 is 16.1 Å². The molecule has 13 rings (SSSR count). The van der Waals surface area contributed by atoms with E-state index in [4.69, 9.17) is 4.42 Å². The zero-order valence-corrected chi connectivity index (χ0v) is 40.5. The Bertz CT molecular complexity index is 3640. The van der Waals surface area contributed by atoms with Gasteiger partial charge in [-0.05, 0) is 77.4 Å². The minimum Gasteiger partial charge on any atom is -0.455 e. The molecule has 0 unspecified atom stereocenters. The number of furan rings is 1. The molecule has 0 bridgehead atoms. The van der Waals surface area contributed by atoms with Crippen LogP contribution >= 0.6 is 0 Å². The lowest BCUT2D eigenvalue weighted by molar-refractivity contribution is 0.670. The Kier molecular flexibility index (Phi) is 10.2. The molecule has 0 fully saturated rings. The van der Waals surface area contributed by atoms with Crippen molar-refractivity contribution in [3.63, 3.8) is 0 Å². The Morgan fingerprint density at radius 3 is 1.13 bits per heavy atom. The van der Waals surface area contributed by atoms with E-state index >= 15 is 0 Å². The third-order valence-corrected chi connectivity index (χ3v) is 24.2. The van der Waals surface area contributed by atoms with Crippen molar-refractivity contribution < 1.29 is 4.42 Å². The Labute approximate surface area is 410 Å². The molecule has 2 heterocycles. The number of para-hydroxylation sites is 3. The van der Waals surface area contributed by atoms with E-state index in [0.29, 0.717) is 0 Å². The molecule has 2 nitrogen and oxygen atoms in total. The van der Waals surface area contributed by atoms with Crippen LogP contribution in [0.2, 0.25) is 0 Å². The van der Waals surface area contributed by atoms with Gasteiger partial charge < -0.3 is 8.98 Å². The Hall–Kier alpha value is -8.55. The summed E-state index contributed by atoms with van der Waals surface area (Å²) in [7, 11) is -6.21. The number of fused-ring (bicyclic) bond motifs is 6. The molecule has 0 spiro atoms. The second kappa shape index (κ2) is 17.2. The quantitative estimate of drug-likeness (QED) is 0.0987. The van der Waals surface area contributed by atoms with Gasteiger partial charge in [-0.2, -0.15) is 0 Å². The summed E-state index contributed by atoms with van der Waals surface area (Å²) >= 11 is 0. The van der Waals surface area contributed by atoms with Crippen molar-refractivity contribution in [2.24, 2.45) is 0 Å². The van der Waals surface area contributed by atoms with Crippen LogP contribution in [0.1, 0.15) is 0 Å². The molecule has 0 saturated heterocycles. The maximum absolute atomic E-state index is 6.75. The first-order valence-corrected chi connectivity index (χ1v) is 28.2. The number of hydrogen-bond acceptors (Lipinski definition) is 1. The first-order chi connectivity index (χ1) is 34.7. The van der Waals surface area contributed by atoms with Gasteiger partial charge in [0.05, 0.1) is 11.0 Å². The van der Waals surface area contributed by atoms with Gasteiger partial charge in [0, 0.05) is 32.8 Å². The van der Waals surface area contributed by atoms with Gasteiger partial charge >= 0.3 is 0 Å². The molecule has 11 aromatic carbocycles. The van der Waals surface area contributed by atoms with E-state index in [1.807, 2.05) is 0 Å². The summed E-state index contributed by atoms with van der Waals surface area (Å²) in [5, 5.41) is 15.3. The maximum Gasteiger partial charge on any atom is 0.179 e. The molecule has 2 aromatic heterocycles. The molecule has 0 saturated carbocycles. The van der Waals surface area contributed by atoms with Crippen LogP contribution in [0.15, 0.2) is 290 Å². The van der Waals surface area contributed by atoms with Gasteiger partial charge in [-0.1, -0.05) is 255 Å². The van der Waals surface area contributed by atoms with Crippen molar-refractivity contribution in [2.75, 3.05) is 0 Å². The smallest absolute Gasteiger partial charge is 0.179 e. The monoisotopic (exact) mass is 925 g/mol. The predicted molar refractivity (Wildman–Crippen MR) is 301 cm³/mol. The van der Waals surface area contributed by atoms with Crippen LogP contribution in [0.4, 0.5) is 0 Å². The molecule has 0 amide bonds. The zero-order valence-electron chi connectivity index (χ0n) is 38.5. The third-order valence-electron chi connectivity index (χ3n) is 14.7. The average molecular weight is 926 g/mol. The van der Waals surface area contributed by atoms with Gasteiger partial charge in [-0.3, -0.25) is 0 Å². The van der Waals surface area contributed by atoms with Gasteiger partial charge in [0.15, 0.2) is 16.1 Å². The van der Waals surface area contributed by atoms with Gasteiger partial charge in [-0.25, -0.2) is 0 Å². The van der Waals surface area contributed by atoms with Crippen molar-refractivity contribution in [2.45, 2.75) is 0 Å². The standard InChI is InChI=1S/C66H47NOSi2/c1-7-25-49(26-8-1)69(50-27-9-2-10-28-50,51-29-11-3-12-30-51)55-45-48(46-56(47-55)70(52-31-13-4-14-32-52,53-33-15-5-16-34-53)54-35-17-6-18-36-54)67-62-42-21-19-38-61(62)65-58(39-24-43-63(65)67)60-41-23-40-59-57-37-20-22-44-64(57)68-66(59)60/h1-47H. The van der Waals surface area contributed by atoms with Crippen molar-refractivity contribution in [3.05, 3.63) is 285 Å². The second-order valence-electron chi connectivity index (χ2n) is 18.3. The van der Waals surface area contributed by atoms with Crippen molar-refractivity contribution in [1.29, 1.82) is 0 Å². The van der Waals surface area contributed by atoms with Gasteiger partial charge in [0.1, 0.15) is 11.2 Å². The van der Waals surface area contributed by atoms with Crippen LogP contribution in [0.3, 0.4) is 0 Å². The average Bonchev–Trinajstić information content (AvgIpc) is 4.00. The topological polar surface area (TPSA) is 18.1 Å². The predicted octanol–water partition coefficient (Wildman–Crippen LogP) is 11.1. The Morgan fingerprint density at radius 1 is 0.271 bits per heavy atom. The van der Waals surface area contributed by atoms with Crippen LogP contribution in [0, 0.1) is 0 Å². The lowest BCUT2D eigenvalue weighted by atomic mass is 9.97. The molecule has 13 aromatic rings. The van der Waals surface area contributed by atoms with Gasteiger partial charge in [-0.15, -0.1) is 0 Å². The minimum absolute atomic E-state index is 0.898. The maximum atomic E-state index is 6.75. The molecule has 0 radical (unpaired) electrons. The fourth-order valence-corrected chi connectivity index (χ4v) is 21.6. The highest BCUT2D eigenvalue weighted by atomic mass is 28.3. The van der Waals surface area contributed by atoms with Crippen molar-refractivity contribution in [1.82, 2.24) is 4.57 Å². The van der Waals surface area contributed by atoms with Crippen molar-refractivity contribution >= 4 is 101 Å². The first kappa shape index (κ1) is 41.6. The van der Waals surface area contributed by atoms with Gasteiger partial charge in [0.2, 0.25) is 0 Å². The Balaban J connectivity index is 1.21. The van der Waals surface area contributed by atoms with Crippen LogP contribution in [-0.2, 0) is 0 Å². The van der Waals surface area contributed by atoms with E-state index in [1.165, 1.54) is 52.3 Å². The summed E-state index contributed by atoms with van der Waals surface area (Å²) in [5.74, 6) is 0. The fraction of sp³-hybridized carbons (Fsp3) is 0. The molecular weight excluding hydrogens is 879 g/mol. The summed E-state index contributed by atoms with van der Waals surface area (Å²) in [4.78, 5) is 0. The minimum atomic E-state index is -3.11. The molecule has 0 aliphatic carbocycles. The third kappa shape index (κ3) is 6.45. The van der Waals surface area contributed by atoms with Crippen LogP contribution in [-0.4, -0.2) is 20.7 Å². The summed E-state index contributed by atoms with van der Waals surface area (Å²) in [5.41, 5.74) is 7.48. The zero-order chi connectivity index (χ0) is 46.5. The number of hydrogen-bond donors (Lipinski definition) is 0. The van der Waals surface area contributed by atoms with Crippen LogP contribution < -0.4 is 41.5 Å². The molecule has 4 heteroatoms. The summed E-state index contributed by atoms with van der Waals surface area (Å²) < 4.78 is 9.31. The molecular formula is C66H47NOSi2. The molecule has 0 N–H and O–H groups in total. The van der Waals surface area contributed by atoms with Gasteiger partial charge in [0.25, 0.3) is 0 Å². The SMILES string of the molecule is c1ccc([Si](c2ccccc2)(c2ccccc2)c2cc(-n3c4ccccc4c4c(-c5cccc6c5oc5ccccc56)cccc43)cc([Si](c3ccccc3)(c3ccccc3)c3ccccc3)c2)cc1. The molecule has 0 aliphatic rings. The molecule has 0 atom stereocenters. The number of aromatic nitrogens is 1. The largest absolute Gasteiger partial charge is 0.455 e. The second-order valence-corrected chi connectivity index (χ2v) is 25.9. The van der Waals surface area contributed by atoms with E-state index in [1.54, 1.807) is 0 Å². The highest BCUT2D eigenvalue weighted by molar-refractivity contribution is 7.22. The fourth-order valence-electron chi connectivity index (χ4n) is 11.8. The van der Waals surface area contributed by atoms with E-state index in [-0.39, 0.29) is 0 Å². The highest BCUT2D eigenvalue weighted by Crippen LogP contribution is 2.42. The Morgan fingerprint density at radius 2 is 0.643 bits per heavy atom. The summed E-state index contributed by atoms with van der Waals surface area (Å²) in [6.07, 6.45) is 0. The van der Waals surface area contributed by atoms with E-state index in [9.17, 15) is 0 Å². The van der Waals surface area contributed by atoms with Crippen LogP contribution in [0.25, 0.3) is 60.6 Å². The van der Waals surface area contributed by atoms with E-state index in [2.05, 4.69) is 290 Å². The van der Waals surface area contributed by atoms with E-state index in [0.717, 1.165) is 49.8 Å². The number of benzene rings is 11. The molecule has 70 heavy (non-hydrogen) atoms.